The minimum absolute atomic E-state index is 0.260. The van der Waals surface area contributed by atoms with Crippen LogP contribution in [-0.4, -0.2) is 11.1 Å². The fourth-order valence-electron chi connectivity index (χ4n) is 3.55. The maximum absolute atomic E-state index is 13.2. The molecule has 0 spiro atoms. The van der Waals surface area contributed by atoms with Crippen LogP contribution in [-0.2, 0) is 11.2 Å². The topological polar surface area (TPSA) is 37.3 Å². The number of hydrogen-bond donors (Lipinski definition) is 1. The Hall–Kier alpha value is -1.38. The molecule has 3 heteroatoms. The van der Waals surface area contributed by atoms with Crippen molar-refractivity contribution in [2.75, 3.05) is 0 Å². The summed E-state index contributed by atoms with van der Waals surface area (Å²) in [5, 5.41) is 9.75. The summed E-state index contributed by atoms with van der Waals surface area (Å²) >= 11 is 0. The highest BCUT2D eigenvalue weighted by atomic mass is 19.1. The van der Waals surface area contributed by atoms with Gasteiger partial charge in [0, 0.05) is 0 Å². The standard InChI is InChI=1S/C18H25FO2/c1-12(2)14-6-8-18(9-7-14,17(20)21)11-15-4-5-16(19)10-13(15)3/h4-5,10,12,14H,6-9,11H2,1-3H3,(H,20,21). The molecule has 1 saturated carbocycles. The lowest BCUT2D eigenvalue weighted by Crippen LogP contribution is -2.38. The summed E-state index contributed by atoms with van der Waals surface area (Å²) in [6, 6.07) is 4.66. The molecule has 1 aliphatic carbocycles. The van der Waals surface area contributed by atoms with Gasteiger partial charge in [0.05, 0.1) is 5.41 Å². The highest BCUT2D eigenvalue weighted by molar-refractivity contribution is 5.75. The Morgan fingerprint density at radius 3 is 2.48 bits per heavy atom. The van der Waals surface area contributed by atoms with Crippen LogP contribution in [0.5, 0.6) is 0 Å². The van der Waals surface area contributed by atoms with E-state index < -0.39 is 11.4 Å². The van der Waals surface area contributed by atoms with E-state index in [1.54, 1.807) is 6.07 Å². The van der Waals surface area contributed by atoms with Gasteiger partial charge in [-0.2, -0.15) is 0 Å². The monoisotopic (exact) mass is 292 g/mol. The van der Waals surface area contributed by atoms with Gasteiger partial charge >= 0.3 is 5.97 Å². The van der Waals surface area contributed by atoms with Gasteiger partial charge < -0.3 is 5.11 Å². The van der Waals surface area contributed by atoms with Crippen molar-refractivity contribution in [3.8, 4) is 0 Å². The molecule has 0 atom stereocenters. The SMILES string of the molecule is Cc1cc(F)ccc1CC1(C(=O)O)CCC(C(C)C)CC1. The number of carboxylic acid groups (broad SMARTS) is 1. The molecule has 0 bridgehead atoms. The van der Waals surface area contributed by atoms with E-state index in [4.69, 9.17) is 0 Å². The molecule has 2 rings (SSSR count). The van der Waals surface area contributed by atoms with Crippen molar-refractivity contribution in [1.82, 2.24) is 0 Å². The third kappa shape index (κ3) is 3.45. The molecule has 1 fully saturated rings. The molecule has 0 amide bonds. The quantitative estimate of drug-likeness (QED) is 0.881. The van der Waals surface area contributed by atoms with Gasteiger partial charge in [-0.1, -0.05) is 19.9 Å². The zero-order chi connectivity index (χ0) is 15.6. The van der Waals surface area contributed by atoms with E-state index in [1.807, 2.05) is 6.92 Å². The molecule has 0 aliphatic heterocycles. The van der Waals surface area contributed by atoms with E-state index >= 15 is 0 Å². The summed E-state index contributed by atoms with van der Waals surface area (Å²) in [6.45, 7) is 6.28. The highest BCUT2D eigenvalue weighted by Crippen LogP contribution is 2.44. The molecule has 21 heavy (non-hydrogen) atoms. The third-order valence-corrected chi connectivity index (χ3v) is 5.22. The molecule has 2 nitrogen and oxygen atoms in total. The number of benzene rings is 1. The maximum atomic E-state index is 13.2. The summed E-state index contributed by atoms with van der Waals surface area (Å²) in [5.74, 6) is 0.286. The minimum Gasteiger partial charge on any atom is -0.481 e. The number of aryl methyl sites for hydroxylation is 1. The number of hydrogen-bond acceptors (Lipinski definition) is 1. The van der Waals surface area contributed by atoms with Crippen molar-refractivity contribution in [1.29, 1.82) is 0 Å². The van der Waals surface area contributed by atoms with E-state index in [9.17, 15) is 14.3 Å². The van der Waals surface area contributed by atoms with Gasteiger partial charge in [0.2, 0.25) is 0 Å². The van der Waals surface area contributed by atoms with E-state index in [0.717, 1.165) is 36.8 Å². The number of halogens is 1. The Morgan fingerprint density at radius 1 is 1.38 bits per heavy atom. The second-order valence-corrected chi connectivity index (χ2v) is 6.91. The van der Waals surface area contributed by atoms with E-state index in [-0.39, 0.29) is 5.82 Å². The maximum Gasteiger partial charge on any atom is 0.309 e. The van der Waals surface area contributed by atoms with Crippen molar-refractivity contribution >= 4 is 5.97 Å². The van der Waals surface area contributed by atoms with Gasteiger partial charge in [0.15, 0.2) is 0 Å². The normalized spacial score (nSPS) is 26.0. The van der Waals surface area contributed by atoms with Gasteiger partial charge in [-0.25, -0.2) is 4.39 Å². The Labute approximate surface area is 126 Å². The molecule has 1 N–H and O–H groups in total. The average molecular weight is 292 g/mol. The molecule has 0 aromatic heterocycles. The van der Waals surface area contributed by atoms with Crippen LogP contribution in [0.1, 0.15) is 50.7 Å². The van der Waals surface area contributed by atoms with Crippen LogP contribution in [0.4, 0.5) is 4.39 Å². The van der Waals surface area contributed by atoms with Gasteiger partial charge in [-0.3, -0.25) is 4.79 Å². The van der Waals surface area contributed by atoms with Crippen molar-refractivity contribution in [3.63, 3.8) is 0 Å². The van der Waals surface area contributed by atoms with Crippen LogP contribution in [0, 0.1) is 30.0 Å². The smallest absolute Gasteiger partial charge is 0.309 e. The summed E-state index contributed by atoms with van der Waals surface area (Å²) < 4.78 is 13.2. The minimum atomic E-state index is -0.701. The predicted octanol–water partition coefficient (Wildman–Crippen LogP) is 4.59. The molecule has 0 heterocycles. The van der Waals surface area contributed by atoms with Crippen LogP contribution < -0.4 is 0 Å². The summed E-state index contributed by atoms with van der Waals surface area (Å²) in [5.41, 5.74) is 1.14. The summed E-state index contributed by atoms with van der Waals surface area (Å²) in [7, 11) is 0. The molecule has 0 saturated heterocycles. The predicted molar refractivity (Wildman–Crippen MR) is 81.7 cm³/mol. The number of aliphatic carboxylic acids is 1. The lowest BCUT2D eigenvalue weighted by Gasteiger charge is -2.38. The fraction of sp³-hybridized carbons (Fsp3) is 0.611. The highest BCUT2D eigenvalue weighted by Gasteiger charge is 2.42. The Bertz CT molecular complexity index is 514. The average Bonchev–Trinajstić information content (AvgIpc) is 2.42. The van der Waals surface area contributed by atoms with Crippen molar-refractivity contribution in [2.24, 2.45) is 17.3 Å². The molecule has 1 aromatic carbocycles. The summed E-state index contributed by atoms with van der Waals surface area (Å²) in [6.07, 6.45) is 3.91. The second-order valence-electron chi connectivity index (χ2n) is 6.91. The molecule has 0 radical (unpaired) electrons. The van der Waals surface area contributed by atoms with Crippen molar-refractivity contribution in [3.05, 3.63) is 35.1 Å². The fourth-order valence-corrected chi connectivity index (χ4v) is 3.55. The third-order valence-electron chi connectivity index (χ3n) is 5.22. The van der Waals surface area contributed by atoms with Gasteiger partial charge in [0.25, 0.3) is 0 Å². The van der Waals surface area contributed by atoms with E-state index in [2.05, 4.69) is 13.8 Å². The van der Waals surface area contributed by atoms with Crippen LogP contribution in [0.3, 0.4) is 0 Å². The number of carbonyl (C=O) groups is 1. The first kappa shape index (κ1) is 16.0. The lowest BCUT2D eigenvalue weighted by molar-refractivity contribution is -0.151. The van der Waals surface area contributed by atoms with Crippen LogP contribution in [0.25, 0.3) is 0 Å². The zero-order valence-electron chi connectivity index (χ0n) is 13.2. The molecule has 116 valence electrons. The molecule has 1 aliphatic rings. The van der Waals surface area contributed by atoms with Crippen LogP contribution >= 0.6 is 0 Å². The van der Waals surface area contributed by atoms with Gasteiger partial charge in [0.1, 0.15) is 5.82 Å². The molecule has 1 aromatic rings. The molecule has 0 unspecified atom stereocenters. The number of rotatable bonds is 4. The van der Waals surface area contributed by atoms with E-state index in [0.29, 0.717) is 18.3 Å². The van der Waals surface area contributed by atoms with Gasteiger partial charge in [-0.15, -0.1) is 0 Å². The van der Waals surface area contributed by atoms with Crippen molar-refractivity contribution in [2.45, 2.75) is 52.9 Å². The Morgan fingerprint density at radius 2 is 2.00 bits per heavy atom. The molecular weight excluding hydrogens is 267 g/mol. The van der Waals surface area contributed by atoms with Crippen LogP contribution in [0.15, 0.2) is 18.2 Å². The Kier molecular flexibility index (Phi) is 4.70. The first-order valence-corrected chi connectivity index (χ1v) is 7.82. The first-order chi connectivity index (χ1) is 9.84. The van der Waals surface area contributed by atoms with E-state index in [1.165, 1.54) is 12.1 Å². The van der Waals surface area contributed by atoms with Crippen LogP contribution in [0.2, 0.25) is 0 Å². The number of carboxylic acids is 1. The first-order valence-electron chi connectivity index (χ1n) is 7.82. The second kappa shape index (κ2) is 6.17. The van der Waals surface area contributed by atoms with Gasteiger partial charge in [-0.05, 0) is 74.1 Å². The largest absolute Gasteiger partial charge is 0.481 e. The van der Waals surface area contributed by atoms with Crippen molar-refractivity contribution < 1.29 is 14.3 Å². The zero-order valence-corrected chi connectivity index (χ0v) is 13.2. The summed E-state index contributed by atoms with van der Waals surface area (Å²) in [4.78, 5) is 11.9. The molecular formula is C18H25FO2. The lowest BCUT2D eigenvalue weighted by atomic mass is 9.65. The Balaban J connectivity index is 2.19.